The lowest BCUT2D eigenvalue weighted by Gasteiger charge is -1.96. The lowest BCUT2D eigenvalue weighted by Crippen LogP contribution is -1.89. The Hall–Kier alpha value is -1.63. The van der Waals surface area contributed by atoms with Gasteiger partial charge in [-0.15, -0.1) is 0 Å². The lowest BCUT2D eigenvalue weighted by molar-refractivity contribution is 0.584. The topological polar surface area (TPSA) is 35.8 Å². The summed E-state index contributed by atoms with van der Waals surface area (Å²) >= 11 is 0. The zero-order valence-corrected chi connectivity index (χ0v) is 5.44. The molecule has 0 aliphatic heterocycles. The number of benzene rings is 1. The number of hydrogen-bond acceptors (Lipinski definition) is 2. The zero-order valence-electron chi connectivity index (χ0n) is 5.44. The quantitative estimate of drug-likeness (QED) is 0.495. The molecule has 0 radical (unpaired) electrons. The summed E-state index contributed by atoms with van der Waals surface area (Å²) in [7, 11) is 0. The van der Waals surface area contributed by atoms with Crippen molar-refractivity contribution < 1.29 is 8.78 Å². The SMILES string of the molecule is N#CNc1cc(F)cc(F)c1. The molecule has 0 aromatic heterocycles. The van der Waals surface area contributed by atoms with Crippen LogP contribution in [-0.4, -0.2) is 0 Å². The molecule has 0 atom stereocenters. The lowest BCUT2D eigenvalue weighted by atomic mass is 10.3. The van der Waals surface area contributed by atoms with Crippen LogP contribution >= 0.6 is 0 Å². The molecule has 1 N–H and O–H groups in total. The molecule has 0 saturated carbocycles. The van der Waals surface area contributed by atoms with E-state index in [0.717, 1.165) is 18.2 Å². The minimum atomic E-state index is -0.706. The fourth-order valence-electron chi connectivity index (χ4n) is 0.691. The van der Waals surface area contributed by atoms with Gasteiger partial charge in [-0.05, 0) is 12.1 Å². The van der Waals surface area contributed by atoms with Gasteiger partial charge in [0.25, 0.3) is 0 Å². The Balaban J connectivity index is 3.01. The van der Waals surface area contributed by atoms with Gasteiger partial charge in [-0.2, -0.15) is 5.26 Å². The van der Waals surface area contributed by atoms with Gasteiger partial charge in [0.05, 0.1) is 5.69 Å². The highest BCUT2D eigenvalue weighted by atomic mass is 19.1. The van der Waals surface area contributed by atoms with Crippen LogP contribution < -0.4 is 5.32 Å². The van der Waals surface area contributed by atoms with Gasteiger partial charge in [-0.1, -0.05) is 0 Å². The summed E-state index contributed by atoms with van der Waals surface area (Å²) in [4.78, 5) is 0. The maximum atomic E-state index is 12.4. The van der Waals surface area contributed by atoms with Crippen molar-refractivity contribution in [3.8, 4) is 6.19 Å². The highest BCUT2D eigenvalue weighted by Crippen LogP contribution is 2.11. The molecule has 0 aliphatic rings. The van der Waals surface area contributed by atoms with Gasteiger partial charge in [-0.3, -0.25) is 5.32 Å². The van der Waals surface area contributed by atoms with Crippen molar-refractivity contribution in [3.63, 3.8) is 0 Å². The summed E-state index contributed by atoms with van der Waals surface area (Å²) in [6.45, 7) is 0. The van der Waals surface area contributed by atoms with Crippen LogP contribution in [-0.2, 0) is 0 Å². The number of hydrogen-bond donors (Lipinski definition) is 1. The standard InChI is InChI=1S/C7H4F2N2/c8-5-1-6(9)3-7(2-5)11-4-10/h1-3,11H. The molecule has 0 spiro atoms. The summed E-state index contributed by atoms with van der Waals surface area (Å²) < 4.78 is 24.7. The molecule has 0 amide bonds. The van der Waals surface area contributed by atoms with Crippen LogP contribution in [0.25, 0.3) is 0 Å². The van der Waals surface area contributed by atoms with Crippen molar-refractivity contribution in [2.24, 2.45) is 0 Å². The van der Waals surface area contributed by atoms with Crippen LogP contribution in [0.15, 0.2) is 18.2 Å². The van der Waals surface area contributed by atoms with E-state index in [1.807, 2.05) is 0 Å². The van der Waals surface area contributed by atoms with E-state index in [0.29, 0.717) is 0 Å². The van der Waals surface area contributed by atoms with Gasteiger partial charge < -0.3 is 0 Å². The Morgan fingerprint density at radius 3 is 2.18 bits per heavy atom. The number of anilines is 1. The summed E-state index contributed by atoms with van der Waals surface area (Å²) in [6.07, 6.45) is 1.56. The van der Waals surface area contributed by atoms with E-state index in [1.165, 1.54) is 0 Å². The summed E-state index contributed by atoms with van der Waals surface area (Å²) in [5, 5.41) is 10.2. The van der Waals surface area contributed by atoms with Gasteiger partial charge in [0.15, 0.2) is 6.19 Å². The van der Waals surface area contributed by atoms with Crippen molar-refractivity contribution in [1.82, 2.24) is 0 Å². The second-order valence-electron chi connectivity index (χ2n) is 1.89. The number of halogens is 2. The summed E-state index contributed by atoms with van der Waals surface area (Å²) in [5.41, 5.74) is 0.116. The van der Waals surface area contributed by atoms with Crippen molar-refractivity contribution >= 4 is 5.69 Å². The Labute approximate surface area is 62.1 Å². The molecule has 4 heteroatoms. The molecule has 0 aliphatic carbocycles. The smallest absolute Gasteiger partial charge is 0.181 e. The predicted molar refractivity (Wildman–Crippen MR) is 35.6 cm³/mol. The monoisotopic (exact) mass is 154 g/mol. The first kappa shape index (κ1) is 7.48. The predicted octanol–water partition coefficient (Wildman–Crippen LogP) is 1.86. The molecular formula is C7H4F2N2. The Morgan fingerprint density at radius 1 is 1.18 bits per heavy atom. The van der Waals surface area contributed by atoms with Gasteiger partial charge >= 0.3 is 0 Å². The second kappa shape index (κ2) is 2.97. The maximum absolute atomic E-state index is 12.4. The van der Waals surface area contributed by atoms with Gasteiger partial charge in [-0.25, -0.2) is 8.78 Å². The van der Waals surface area contributed by atoms with E-state index in [9.17, 15) is 8.78 Å². The van der Waals surface area contributed by atoms with E-state index in [4.69, 9.17) is 5.26 Å². The first-order valence-electron chi connectivity index (χ1n) is 2.83. The molecule has 0 bridgehead atoms. The molecule has 56 valence electrons. The van der Waals surface area contributed by atoms with E-state index in [1.54, 1.807) is 6.19 Å². The van der Waals surface area contributed by atoms with Crippen molar-refractivity contribution in [2.45, 2.75) is 0 Å². The number of rotatable bonds is 1. The Kier molecular flexibility index (Phi) is 2.02. The van der Waals surface area contributed by atoms with Crippen LogP contribution in [0.4, 0.5) is 14.5 Å². The number of nitrogens with one attached hydrogen (secondary N) is 1. The minimum absolute atomic E-state index is 0.116. The van der Waals surface area contributed by atoms with Crippen molar-refractivity contribution in [2.75, 3.05) is 5.32 Å². The fourth-order valence-corrected chi connectivity index (χ4v) is 0.691. The molecule has 0 fully saturated rings. The average Bonchev–Trinajstić information content (AvgIpc) is 1.85. The third-order valence-electron chi connectivity index (χ3n) is 1.06. The van der Waals surface area contributed by atoms with Crippen molar-refractivity contribution in [3.05, 3.63) is 29.8 Å². The average molecular weight is 154 g/mol. The van der Waals surface area contributed by atoms with E-state index < -0.39 is 11.6 Å². The normalized spacial score (nSPS) is 8.82. The minimum Gasteiger partial charge on any atom is -0.293 e. The third-order valence-corrected chi connectivity index (χ3v) is 1.06. The van der Waals surface area contributed by atoms with E-state index in [-0.39, 0.29) is 5.69 Å². The molecule has 1 aromatic rings. The van der Waals surface area contributed by atoms with Crippen LogP contribution in [0.3, 0.4) is 0 Å². The third kappa shape index (κ3) is 1.90. The second-order valence-corrected chi connectivity index (χ2v) is 1.89. The molecule has 2 nitrogen and oxygen atoms in total. The molecule has 11 heavy (non-hydrogen) atoms. The molecule has 0 heterocycles. The molecule has 1 aromatic carbocycles. The van der Waals surface area contributed by atoms with E-state index in [2.05, 4.69) is 5.32 Å². The fraction of sp³-hybridized carbons (Fsp3) is 0. The van der Waals surface area contributed by atoms with Crippen LogP contribution in [0.2, 0.25) is 0 Å². The van der Waals surface area contributed by atoms with Crippen molar-refractivity contribution in [1.29, 1.82) is 5.26 Å². The maximum Gasteiger partial charge on any atom is 0.181 e. The Bertz CT molecular complexity index is 284. The van der Waals surface area contributed by atoms with Gasteiger partial charge in [0.2, 0.25) is 0 Å². The molecular weight excluding hydrogens is 150 g/mol. The summed E-state index contributed by atoms with van der Waals surface area (Å²) in [5.74, 6) is -1.41. The molecule has 0 unspecified atom stereocenters. The van der Waals surface area contributed by atoms with Crippen LogP contribution in [0.1, 0.15) is 0 Å². The zero-order chi connectivity index (χ0) is 8.27. The highest BCUT2D eigenvalue weighted by Gasteiger charge is 1.97. The first-order valence-corrected chi connectivity index (χ1v) is 2.83. The molecule has 0 saturated heterocycles. The number of nitrogens with zero attached hydrogens (tertiary/aromatic N) is 1. The first-order chi connectivity index (χ1) is 5.22. The Morgan fingerprint density at radius 2 is 1.73 bits per heavy atom. The van der Waals surface area contributed by atoms with E-state index >= 15 is 0 Å². The van der Waals surface area contributed by atoms with Gasteiger partial charge in [0.1, 0.15) is 11.6 Å². The van der Waals surface area contributed by atoms with Crippen LogP contribution in [0.5, 0.6) is 0 Å². The largest absolute Gasteiger partial charge is 0.293 e. The molecule has 1 rings (SSSR count). The van der Waals surface area contributed by atoms with Crippen LogP contribution in [0, 0.1) is 23.1 Å². The highest BCUT2D eigenvalue weighted by molar-refractivity contribution is 5.46. The van der Waals surface area contributed by atoms with Gasteiger partial charge in [0, 0.05) is 6.07 Å². The summed E-state index contributed by atoms with van der Waals surface area (Å²) in [6, 6.07) is 2.81. The number of nitriles is 1.